The van der Waals surface area contributed by atoms with Crippen LogP contribution in [-0.4, -0.2) is 36.1 Å². The summed E-state index contributed by atoms with van der Waals surface area (Å²) in [4.78, 5) is 2.44. The van der Waals surface area contributed by atoms with E-state index < -0.39 is 0 Å². The van der Waals surface area contributed by atoms with Gasteiger partial charge in [-0.3, -0.25) is 4.90 Å². The third-order valence-electron chi connectivity index (χ3n) is 3.25. The molecular formula is C11H21N3. The van der Waals surface area contributed by atoms with Gasteiger partial charge < -0.3 is 5.32 Å². The number of nitrogens with zero attached hydrogens (tertiary/aromatic N) is 2. The number of nitrogens with one attached hydrogen (secondary N) is 1. The van der Waals surface area contributed by atoms with Gasteiger partial charge in [-0.1, -0.05) is 0 Å². The summed E-state index contributed by atoms with van der Waals surface area (Å²) >= 11 is 0. The van der Waals surface area contributed by atoms with Crippen molar-refractivity contribution >= 4 is 0 Å². The van der Waals surface area contributed by atoms with E-state index >= 15 is 0 Å². The zero-order valence-corrected chi connectivity index (χ0v) is 9.62. The minimum absolute atomic E-state index is 0.130. The van der Waals surface area contributed by atoms with Crippen molar-refractivity contribution in [2.75, 3.05) is 13.1 Å². The van der Waals surface area contributed by atoms with Gasteiger partial charge >= 0.3 is 0 Å². The highest BCUT2D eigenvalue weighted by Gasteiger charge is 2.29. The molecular weight excluding hydrogens is 174 g/mol. The topological polar surface area (TPSA) is 39.1 Å². The molecule has 1 rings (SSSR count). The molecule has 0 spiro atoms. The number of piperazine rings is 1. The molecule has 0 saturated carbocycles. The Morgan fingerprint density at radius 3 is 2.71 bits per heavy atom. The molecule has 80 valence electrons. The molecule has 3 nitrogen and oxygen atoms in total. The molecule has 0 radical (unpaired) electrons. The van der Waals surface area contributed by atoms with E-state index in [1.807, 2.05) is 6.92 Å². The summed E-state index contributed by atoms with van der Waals surface area (Å²) in [7, 11) is 0. The molecule has 4 unspecified atom stereocenters. The van der Waals surface area contributed by atoms with Crippen molar-refractivity contribution in [1.29, 1.82) is 5.26 Å². The zero-order valence-electron chi connectivity index (χ0n) is 9.62. The Morgan fingerprint density at radius 1 is 1.50 bits per heavy atom. The SMILES string of the molecule is CC(C#N)CN1C(C)CNC(C)C1C. The van der Waals surface area contributed by atoms with Gasteiger partial charge in [-0.25, -0.2) is 0 Å². The molecule has 0 bridgehead atoms. The lowest BCUT2D eigenvalue weighted by molar-refractivity contribution is 0.0796. The Balaban J connectivity index is 2.59. The maximum atomic E-state index is 8.81. The second kappa shape index (κ2) is 4.77. The summed E-state index contributed by atoms with van der Waals surface area (Å²) in [6.07, 6.45) is 0. The summed E-state index contributed by atoms with van der Waals surface area (Å²) in [6, 6.07) is 3.89. The van der Waals surface area contributed by atoms with Gasteiger partial charge in [0.05, 0.1) is 12.0 Å². The van der Waals surface area contributed by atoms with Gasteiger partial charge in [-0.2, -0.15) is 5.26 Å². The second-order valence-electron chi connectivity index (χ2n) is 4.51. The molecule has 1 aliphatic rings. The first-order chi connectivity index (χ1) is 6.56. The molecule has 4 atom stereocenters. The molecule has 1 aliphatic heterocycles. The fourth-order valence-corrected chi connectivity index (χ4v) is 2.04. The fourth-order valence-electron chi connectivity index (χ4n) is 2.04. The highest BCUT2D eigenvalue weighted by molar-refractivity contribution is 4.91. The van der Waals surface area contributed by atoms with Crippen LogP contribution in [0.2, 0.25) is 0 Å². The monoisotopic (exact) mass is 195 g/mol. The van der Waals surface area contributed by atoms with E-state index in [9.17, 15) is 0 Å². The van der Waals surface area contributed by atoms with Crippen LogP contribution in [0.15, 0.2) is 0 Å². The van der Waals surface area contributed by atoms with Gasteiger partial charge in [0.1, 0.15) is 0 Å². The third-order valence-corrected chi connectivity index (χ3v) is 3.25. The Kier molecular flexibility index (Phi) is 3.91. The van der Waals surface area contributed by atoms with Gasteiger partial charge in [0, 0.05) is 31.2 Å². The summed E-state index contributed by atoms with van der Waals surface area (Å²) in [5.74, 6) is 0.130. The molecule has 0 aliphatic carbocycles. The molecule has 1 saturated heterocycles. The first-order valence-electron chi connectivity index (χ1n) is 5.45. The average Bonchev–Trinajstić information content (AvgIpc) is 2.18. The Labute approximate surface area is 87.1 Å². The van der Waals surface area contributed by atoms with E-state index in [-0.39, 0.29) is 5.92 Å². The maximum absolute atomic E-state index is 8.81. The number of hydrogen-bond donors (Lipinski definition) is 1. The molecule has 0 amide bonds. The lowest BCUT2D eigenvalue weighted by Gasteiger charge is -2.43. The standard InChI is InChI=1S/C11H21N3/c1-8(5-12)7-14-9(2)6-13-10(3)11(14)4/h8-11,13H,6-7H2,1-4H3. The summed E-state index contributed by atoms with van der Waals surface area (Å²) in [5, 5.41) is 12.3. The van der Waals surface area contributed by atoms with Crippen molar-refractivity contribution in [3.05, 3.63) is 0 Å². The van der Waals surface area contributed by atoms with Crippen LogP contribution >= 0.6 is 0 Å². The quantitative estimate of drug-likeness (QED) is 0.720. The first-order valence-corrected chi connectivity index (χ1v) is 5.45. The fraction of sp³-hybridized carbons (Fsp3) is 0.909. The van der Waals surface area contributed by atoms with Crippen LogP contribution in [0.3, 0.4) is 0 Å². The van der Waals surface area contributed by atoms with Crippen LogP contribution < -0.4 is 5.32 Å². The van der Waals surface area contributed by atoms with Gasteiger partial charge in [0.25, 0.3) is 0 Å². The highest BCUT2D eigenvalue weighted by atomic mass is 15.3. The summed E-state index contributed by atoms with van der Waals surface area (Å²) < 4.78 is 0. The smallest absolute Gasteiger partial charge is 0.0666 e. The van der Waals surface area contributed by atoms with Crippen molar-refractivity contribution in [3.8, 4) is 6.07 Å². The van der Waals surface area contributed by atoms with Gasteiger partial charge in [0.2, 0.25) is 0 Å². The predicted octanol–water partition coefficient (Wildman–Crippen LogP) is 1.22. The number of nitriles is 1. The van der Waals surface area contributed by atoms with Crippen molar-refractivity contribution < 1.29 is 0 Å². The van der Waals surface area contributed by atoms with Gasteiger partial charge in [0.15, 0.2) is 0 Å². The van der Waals surface area contributed by atoms with Crippen molar-refractivity contribution in [1.82, 2.24) is 10.2 Å². The molecule has 0 aromatic carbocycles. The van der Waals surface area contributed by atoms with Crippen molar-refractivity contribution in [2.45, 2.75) is 45.8 Å². The molecule has 1 heterocycles. The maximum Gasteiger partial charge on any atom is 0.0666 e. The third kappa shape index (κ3) is 2.46. The van der Waals surface area contributed by atoms with Crippen molar-refractivity contribution in [3.63, 3.8) is 0 Å². The van der Waals surface area contributed by atoms with E-state index in [2.05, 4.69) is 37.1 Å². The minimum atomic E-state index is 0.130. The van der Waals surface area contributed by atoms with E-state index in [1.54, 1.807) is 0 Å². The van der Waals surface area contributed by atoms with Gasteiger partial charge in [-0.15, -0.1) is 0 Å². The summed E-state index contributed by atoms with van der Waals surface area (Å²) in [6.45, 7) is 10.6. The Bertz CT molecular complexity index is 221. The number of hydrogen-bond acceptors (Lipinski definition) is 3. The highest BCUT2D eigenvalue weighted by Crippen LogP contribution is 2.16. The van der Waals surface area contributed by atoms with E-state index in [1.165, 1.54) is 0 Å². The molecule has 1 fully saturated rings. The Morgan fingerprint density at radius 2 is 2.14 bits per heavy atom. The zero-order chi connectivity index (χ0) is 10.7. The minimum Gasteiger partial charge on any atom is -0.311 e. The van der Waals surface area contributed by atoms with Crippen molar-refractivity contribution in [2.24, 2.45) is 5.92 Å². The van der Waals surface area contributed by atoms with Crippen LogP contribution in [-0.2, 0) is 0 Å². The number of rotatable bonds is 2. The lowest BCUT2D eigenvalue weighted by Crippen LogP contribution is -2.60. The van der Waals surface area contributed by atoms with E-state index in [4.69, 9.17) is 5.26 Å². The van der Waals surface area contributed by atoms with Crippen LogP contribution in [0, 0.1) is 17.2 Å². The van der Waals surface area contributed by atoms with E-state index in [0.717, 1.165) is 13.1 Å². The normalized spacial score (nSPS) is 36.4. The molecule has 0 aromatic rings. The van der Waals surface area contributed by atoms with Crippen LogP contribution in [0.5, 0.6) is 0 Å². The van der Waals surface area contributed by atoms with Gasteiger partial charge in [-0.05, 0) is 27.7 Å². The van der Waals surface area contributed by atoms with Crippen LogP contribution in [0.1, 0.15) is 27.7 Å². The summed E-state index contributed by atoms with van der Waals surface area (Å²) in [5.41, 5.74) is 0. The first kappa shape index (κ1) is 11.5. The molecule has 1 N–H and O–H groups in total. The molecule has 14 heavy (non-hydrogen) atoms. The molecule has 3 heteroatoms. The largest absolute Gasteiger partial charge is 0.311 e. The second-order valence-corrected chi connectivity index (χ2v) is 4.51. The average molecular weight is 195 g/mol. The Hall–Kier alpha value is -0.590. The van der Waals surface area contributed by atoms with Crippen LogP contribution in [0.25, 0.3) is 0 Å². The lowest BCUT2D eigenvalue weighted by atomic mass is 10.0. The van der Waals surface area contributed by atoms with E-state index in [0.29, 0.717) is 18.1 Å². The predicted molar refractivity (Wildman–Crippen MR) is 57.9 cm³/mol. The van der Waals surface area contributed by atoms with Crippen LogP contribution in [0.4, 0.5) is 0 Å². The molecule has 0 aromatic heterocycles.